The van der Waals surface area contributed by atoms with Crippen molar-refractivity contribution in [3.05, 3.63) is 54.1 Å². The molecule has 1 aromatic carbocycles. The smallest absolute Gasteiger partial charge is 0.314 e. The average molecular weight is 244 g/mol. The highest BCUT2D eigenvalue weighted by atomic mass is 16.4. The summed E-state index contributed by atoms with van der Waals surface area (Å²) < 4.78 is 1.88. The lowest BCUT2D eigenvalue weighted by Crippen LogP contribution is -2.19. The van der Waals surface area contributed by atoms with E-state index in [1.807, 2.05) is 48.0 Å². The lowest BCUT2D eigenvalue weighted by molar-refractivity contribution is -0.139. The third-order valence-corrected chi connectivity index (χ3v) is 2.98. The molecule has 1 unspecified atom stereocenters. The first-order valence-electron chi connectivity index (χ1n) is 6.00. The molecule has 2 rings (SSSR count). The molecule has 0 amide bonds. The Labute approximate surface area is 106 Å². The lowest BCUT2D eigenvalue weighted by atomic mass is 9.98. The van der Waals surface area contributed by atoms with Crippen molar-refractivity contribution in [2.24, 2.45) is 0 Å². The van der Waals surface area contributed by atoms with Gasteiger partial charge in [0, 0.05) is 18.9 Å². The molecule has 0 spiro atoms. The molecule has 94 valence electrons. The molecule has 0 bridgehead atoms. The molecule has 1 atom stereocenters. The van der Waals surface area contributed by atoms with Crippen molar-refractivity contribution < 1.29 is 9.90 Å². The quantitative estimate of drug-likeness (QED) is 0.878. The van der Waals surface area contributed by atoms with Crippen LogP contribution in [-0.4, -0.2) is 20.6 Å². The first-order chi connectivity index (χ1) is 8.72. The van der Waals surface area contributed by atoms with E-state index in [4.69, 9.17) is 0 Å². The number of aryl methyl sites for hydroxylation is 1. The molecule has 1 heterocycles. The van der Waals surface area contributed by atoms with Crippen LogP contribution in [0.15, 0.2) is 42.7 Å². The number of hydrogen-bond acceptors (Lipinski definition) is 2. The lowest BCUT2D eigenvalue weighted by Gasteiger charge is -2.13. The van der Waals surface area contributed by atoms with Crippen LogP contribution in [0.25, 0.3) is 0 Å². The van der Waals surface area contributed by atoms with E-state index in [2.05, 4.69) is 4.98 Å². The maximum atomic E-state index is 11.4. The van der Waals surface area contributed by atoms with Gasteiger partial charge < -0.3 is 9.67 Å². The minimum atomic E-state index is -0.834. The molecule has 1 N–H and O–H groups in total. The second-order valence-corrected chi connectivity index (χ2v) is 4.15. The first kappa shape index (κ1) is 12.4. The van der Waals surface area contributed by atoms with Crippen molar-refractivity contribution in [1.82, 2.24) is 9.55 Å². The maximum Gasteiger partial charge on any atom is 0.314 e. The molecule has 4 heteroatoms. The fourth-order valence-corrected chi connectivity index (χ4v) is 2.04. The van der Waals surface area contributed by atoms with Gasteiger partial charge in [-0.15, -0.1) is 0 Å². The number of carboxylic acids is 1. The summed E-state index contributed by atoms with van der Waals surface area (Å²) in [6.45, 7) is 2.71. The third kappa shape index (κ3) is 2.59. The van der Waals surface area contributed by atoms with Gasteiger partial charge in [-0.05, 0) is 18.9 Å². The molecule has 0 saturated carbocycles. The highest BCUT2D eigenvalue weighted by Gasteiger charge is 2.24. The Morgan fingerprint density at radius 1 is 1.39 bits per heavy atom. The summed E-state index contributed by atoms with van der Waals surface area (Å²) in [4.78, 5) is 15.6. The summed E-state index contributed by atoms with van der Waals surface area (Å²) in [6, 6.07) is 9.64. The van der Waals surface area contributed by atoms with E-state index < -0.39 is 11.9 Å². The molecular weight excluding hydrogens is 228 g/mol. The van der Waals surface area contributed by atoms with Crippen LogP contribution < -0.4 is 0 Å². The van der Waals surface area contributed by atoms with Crippen molar-refractivity contribution in [3.63, 3.8) is 0 Å². The van der Waals surface area contributed by atoms with Crippen LogP contribution in [0.4, 0.5) is 0 Å². The van der Waals surface area contributed by atoms with Crippen molar-refractivity contribution in [2.75, 3.05) is 0 Å². The number of carbonyl (C=O) groups is 1. The third-order valence-electron chi connectivity index (χ3n) is 2.98. The summed E-state index contributed by atoms with van der Waals surface area (Å²) in [5.74, 6) is -0.809. The minimum Gasteiger partial charge on any atom is -0.481 e. The standard InChI is InChI=1S/C14H16N2O2/c1-2-16-9-8-15-13(16)12(14(17)18)10-11-6-4-3-5-7-11/h3-9,12H,2,10H2,1H3,(H,17,18). The first-order valence-corrected chi connectivity index (χ1v) is 6.00. The van der Waals surface area contributed by atoms with Crippen LogP contribution in [0.5, 0.6) is 0 Å². The summed E-state index contributed by atoms with van der Waals surface area (Å²) in [6.07, 6.45) is 3.93. The van der Waals surface area contributed by atoms with Crippen molar-refractivity contribution in [3.8, 4) is 0 Å². The number of aliphatic carboxylic acids is 1. The minimum absolute atomic E-state index is 0.465. The molecule has 0 aliphatic heterocycles. The largest absolute Gasteiger partial charge is 0.481 e. The molecule has 0 fully saturated rings. The summed E-state index contributed by atoms with van der Waals surface area (Å²) in [5.41, 5.74) is 1.01. The number of rotatable bonds is 5. The van der Waals surface area contributed by atoms with Crippen molar-refractivity contribution in [2.45, 2.75) is 25.8 Å². The van der Waals surface area contributed by atoms with Crippen LogP contribution in [0.3, 0.4) is 0 Å². The fraction of sp³-hybridized carbons (Fsp3) is 0.286. The zero-order valence-electron chi connectivity index (χ0n) is 10.3. The zero-order valence-corrected chi connectivity index (χ0v) is 10.3. The highest BCUT2D eigenvalue weighted by molar-refractivity contribution is 5.75. The number of hydrogen-bond donors (Lipinski definition) is 1. The molecule has 2 aromatic rings. The molecule has 0 saturated heterocycles. The fourth-order valence-electron chi connectivity index (χ4n) is 2.04. The Kier molecular flexibility index (Phi) is 3.77. The molecular formula is C14H16N2O2. The van der Waals surface area contributed by atoms with E-state index in [1.54, 1.807) is 6.20 Å². The Morgan fingerprint density at radius 3 is 2.72 bits per heavy atom. The second-order valence-electron chi connectivity index (χ2n) is 4.15. The van der Waals surface area contributed by atoms with Gasteiger partial charge >= 0.3 is 5.97 Å². The summed E-state index contributed by atoms with van der Waals surface area (Å²) in [5, 5.41) is 9.37. The Bertz CT molecular complexity index is 520. The van der Waals surface area contributed by atoms with Crippen LogP contribution in [0.1, 0.15) is 24.2 Å². The molecule has 0 radical (unpaired) electrons. The SMILES string of the molecule is CCn1ccnc1C(Cc1ccccc1)C(=O)O. The number of benzene rings is 1. The predicted octanol–water partition coefficient (Wildman–Crippen LogP) is 2.31. The maximum absolute atomic E-state index is 11.4. The number of imidazole rings is 1. The predicted molar refractivity (Wildman–Crippen MR) is 68.4 cm³/mol. The molecule has 18 heavy (non-hydrogen) atoms. The van der Waals surface area contributed by atoms with Gasteiger partial charge in [-0.3, -0.25) is 4.79 Å². The molecule has 0 aliphatic carbocycles. The molecule has 0 aliphatic rings. The van der Waals surface area contributed by atoms with E-state index in [0.29, 0.717) is 12.2 Å². The number of carboxylic acid groups (broad SMARTS) is 1. The van der Waals surface area contributed by atoms with Crippen molar-refractivity contribution in [1.29, 1.82) is 0 Å². The Morgan fingerprint density at radius 2 is 2.11 bits per heavy atom. The van der Waals surface area contributed by atoms with Gasteiger partial charge in [0.25, 0.3) is 0 Å². The van der Waals surface area contributed by atoms with Crippen LogP contribution in [0, 0.1) is 0 Å². The summed E-state index contributed by atoms with van der Waals surface area (Å²) >= 11 is 0. The summed E-state index contributed by atoms with van der Waals surface area (Å²) in [7, 11) is 0. The topological polar surface area (TPSA) is 55.1 Å². The second kappa shape index (κ2) is 5.49. The number of aromatic nitrogens is 2. The average Bonchev–Trinajstić information content (AvgIpc) is 2.84. The molecule has 1 aromatic heterocycles. The van der Waals surface area contributed by atoms with E-state index in [1.165, 1.54) is 0 Å². The van der Waals surface area contributed by atoms with E-state index >= 15 is 0 Å². The van der Waals surface area contributed by atoms with Gasteiger partial charge in [-0.25, -0.2) is 4.98 Å². The normalized spacial score (nSPS) is 12.3. The van der Waals surface area contributed by atoms with Crippen molar-refractivity contribution >= 4 is 5.97 Å². The number of nitrogens with zero attached hydrogens (tertiary/aromatic N) is 2. The van der Waals surface area contributed by atoms with Gasteiger partial charge in [-0.1, -0.05) is 30.3 Å². The zero-order chi connectivity index (χ0) is 13.0. The van der Waals surface area contributed by atoms with Crippen LogP contribution in [-0.2, 0) is 17.8 Å². The van der Waals surface area contributed by atoms with E-state index in [9.17, 15) is 9.90 Å². The van der Waals surface area contributed by atoms with Gasteiger partial charge in [0.1, 0.15) is 11.7 Å². The van der Waals surface area contributed by atoms with Gasteiger partial charge in [0.2, 0.25) is 0 Å². The van der Waals surface area contributed by atoms with E-state index in [0.717, 1.165) is 12.1 Å². The van der Waals surface area contributed by atoms with Crippen LogP contribution >= 0.6 is 0 Å². The van der Waals surface area contributed by atoms with Gasteiger partial charge in [0.05, 0.1) is 0 Å². The Hall–Kier alpha value is -2.10. The van der Waals surface area contributed by atoms with Gasteiger partial charge in [-0.2, -0.15) is 0 Å². The monoisotopic (exact) mass is 244 g/mol. The van der Waals surface area contributed by atoms with Gasteiger partial charge in [0.15, 0.2) is 0 Å². The van der Waals surface area contributed by atoms with Crippen LogP contribution in [0.2, 0.25) is 0 Å². The van der Waals surface area contributed by atoms with E-state index in [-0.39, 0.29) is 0 Å². The molecule has 4 nitrogen and oxygen atoms in total. The Balaban J connectivity index is 2.27. The highest BCUT2D eigenvalue weighted by Crippen LogP contribution is 2.20.